The molecule has 0 radical (unpaired) electrons. The Morgan fingerprint density at radius 3 is 2.57 bits per heavy atom. The Bertz CT molecular complexity index is 459. The van der Waals surface area contributed by atoms with Gasteiger partial charge in [0, 0.05) is 12.2 Å². The first-order valence-corrected chi connectivity index (χ1v) is 6.29. The first-order chi connectivity index (χ1) is 9.58. The average Bonchev–Trinajstić information content (AvgIpc) is 2.89. The minimum Gasteiger partial charge on any atom is -0.435 e. The fourth-order valence-corrected chi connectivity index (χ4v) is 2.01. The van der Waals surface area contributed by atoms with Gasteiger partial charge in [0.2, 0.25) is 0 Å². The van der Waals surface area contributed by atoms with Gasteiger partial charge in [0.05, 0.1) is 6.10 Å². The summed E-state index contributed by atoms with van der Waals surface area (Å²) in [6.45, 7) is -2.47. The lowest BCUT2D eigenvalue weighted by Crippen LogP contribution is -2.29. The van der Waals surface area contributed by atoms with Crippen LogP contribution < -0.4 is 15.8 Å². The van der Waals surface area contributed by atoms with E-state index >= 15 is 0 Å². The maximum Gasteiger partial charge on any atom is 0.387 e. The second kappa shape index (κ2) is 8.11. The molecule has 3 N–H and O–H groups in total. The average molecular weight is 323 g/mol. The summed E-state index contributed by atoms with van der Waals surface area (Å²) in [5.74, 6) is -0.221. The molecule has 5 nitrogen and oxygen atoms in total. The van der Waals surface area contributed by atoms with Crippen molar-refractivity contribution >= 4 is 24.0 Å². The Hall–Kier alpha value is -1.44. The van der Waals surface area contributed by atoms with Gasteiger partial charge in [-0.1, -0.05) is 0 Å². The summed E-state index contributed by atoms with van der Waals surface area (Å²) in [5, 5.41) is 2.66. The monoisotopic (exact) mass is 322 g/mol. The zero-order chi connectivity index (χ0) is 14.5. The third kappa shape index (κ3) is 5.11. The Morgan fingerprint density at radius 2 is 2.05 bits per heavy atom. The van der Waals surface area contributed by atoms with Crippen LogP contribution in [0.5, 0.6) is 5.75 Å². The lowest BCUT2D eigenvalue weighted by Gasteiger charge is -2.13. The van der Waals surface area contributed by atoms with Crippen LogP contribution in [0.3, 0.4) is 0 Å². The van der Waals surface area contributed by atoms with Crippen molar-refractivity contribution in [3.63, 3.8) is 0 Å². The van der Waals surface area contributed by atoms with Gasteiger partial charge in [0.25, 0.3) is 5.91 Å². The molecular weight excluding hydrogens is 306 g/mol. The van der Waals surface area contributed by atoms with Crippen molar-refractivity contribution in [3.8, 4) is 5.75 Å². The van der Waals surface area contributed by atoms with Crippen molar-refractivity contribution in [1.82, 2.24) is 0 Å². The van der Waals surface area contributed by atoms with Crippen molar-refractivity contribution in [2.24, 2.45) is 5.73 Å². The summed E-state index contributed by atoms with van der Waals surface area (Å²) in [5.41, 5.74) is 5.97. The zero-order valence-corrected chi connectivity index (χ0v) is 11.9. The maximum atomic E-state index is 12.0. The number of nitrogens with two attached hydrogens (primary N) is 1. The number of hydrogen-bond acceptors (Lipinski definition) is 4. The predicted molar refractivity (Wildman–Crippen MR) is 75.9 cm³/mol. The fourth-order valence-electron chi connectivity index (χ4n) is 2.01. The van der Waals surface area contributed by atoms with Crippen LogP contribution in [0.4, 0.5) is 14.5 Å². The summed E-state index contributed by atoms with van der Waals surface area (Å²) in [6, 6.07) is 5.70. The van der Waals surface area contributed by atoms with E-state index in [1.54, 1.807) is 0 Å². The SMILES string of the molecule is Cl.NC[C@H]1CC[C@@H](C(=O)Nc2ccc(OC(F)F)cc2)O1. The van der Waals surface area contributed by atoms with Crippen LogP contribution >= 0.6 is 12.4 Å². The predicted octanol–water partition coefficient (Wildman–Crippen LogP) is 2.15. The van der Waals surface area contributed by atoms with Gasteiger partial charge in [-0.25, -0.2) is 0 Å². The molecule has 8 heteroatoms. The first kappa shape index (κ1) is 17.6. The third-order valence-corrected chi connectivity index (χ3v) is 3.01. The van der Waals surface area contributed by atoms with Crippen LogP contribution in [0.15, 0.2) is 24.3 Å². The van der Waals surface area contributed by atoms with Crippen LogP contribution in [0.1, 0.15) is 12.8 Å². The molecule has 0 saturated carbocycles. The van der Waals surface area contributed by atoms with E-state index in [9.17, 15) is 13.6 Å². The standard InChI is InChI=1S/C13H16F2N2O3.ClH/c14-13(15)20-9-3-1-8(2-4-9)17-12(18)11-6-5-10(7-16)19-11;/h1-4,10-11,13H,5-7,16H2,(H,17,18);1H/t10-,11+;/m1./s1. The van der Waals surface area contributed by atoms with Crippen LogP contribution in [-0.4, -0.2) is 31.3 Å². The molecule has 1 fully saturated rings. The van der Waals surface area contributed by atoms with Gasteiger partial charge in [-0.3, -0.25) is 4.79 Å². The molecule has 2 rings (SSSR count). The molecule has 2 atom stereocenters. The first-order valence-electron chi connectivity index (χ1n) is 6.29. The number of ether oxygens (including phenoxy) is 2. The third-order valence-electron chi connectivity index (χ3n) is 3.01. The van der Waals surface area contributed by atoms with Gasteiger partial charge in [-0.2, -0.15) is 8.78 Å². The smallest absolute Gasteiger partial charge is 0.387 e. The van der Waals surface area contributed by atoms with E-state index in [1.165, 1.54) is 24.3 Å². The van der Waals surface area contributed by atoms with Crippen LogP contribution in [-0.2, 0) is 9.53 Å². The van der Waals surface area contributed by atoms with Gasteiger partial charge in [0.15, 0.2) is 0 Å². The van der Waals surface area contributed by atoms with E-state index in [1.807, 2.05) is 0 Å². The number of halogens is 3. The molecular formula is C13H17ClF2N2O3. The number of hydrogen-bond donors (Lipinski definition) is 2. The molecule has 1 aromatic rings. The minimum absolute atomic E-state index is 0. The summed E-state index contributed by atoms with van der Waals surface area (Å²) in [6.07, 6.45) is 0.795. The normalized spacial score (nSPS) is 21.0. The maximum absolute atomic E-state index is 12.0. The number of benzene rings is 1. The molecule has 0 aliphatic carbocycles. The number of anilines is 1. The Kier molecular flexibility index (Phi) is 6.80. The molecule has 118 valence electrons. The summed E-state index contributed by atoms with van der Waals surface area (Å²) in [7, 11) is 0. The van der Waals surface area contributed by atoms with Gasteiger partial charge >= 0.3 is 6.61 Å². The number of alkyl halides is 2. The van der Waals surface area contributed by atoms with Crippen molar-refractivity contribution in [2.45, 2.75) is 31.7 Å². The molecule has 0 bridgehead atoms. The summed E-state index contributed by atoms with van der Waals surface area (Å²) in [4.78, 5) is 11.9. The van der Waals surface area contributed by atoms with Crippen LogP contribution in [0.2, 0.25) is 0 Å². The fraction of sp³-hybridized carbons (Fsp3) is 0.462. The van der Waals surface area contributed by atoms with E-state index in [4.69, 9.17) is 10.5 Å². The van der Waals surface area contributed by atoms with Gasteiger partial charge in [-0.05, 0) is 37.1 Å². The molecule has 1 aliphatic heterocycles. The largest absolute Gasteiger partial charge is 0.435 e. The number of carbonyl (C=O) groups excluding carboxylic acids is 1. The molecule has 21 heavy (non-hydrogen) atoms. The topological polar surface area (TPSA) is 73.6 Å². The van der Waals surface area contributed by atoms with E-state index in [0.29, 0.717) is 18.7 Å². The molecule has 1 aromatic carbocycles. The number of amides is 1. The quantitative estimate of drug-likeness (QED) is 0.871. The Labute approximate surface area is 127 Å². The zero-order valence-electron chi connectivity index (χ0n) is 11.1. The van der Waals surface area contributed by atoms with Crippen molar-refractivity contribution in [3.05, 3.63) is 24.3 Å². The number of carbonyl (C=O) groups is 1. The Balaban J connectivity index is 0.00000220. The molecule has 1 amide bonds. The lowest BCUT2D eigenvalue weighted by atomic mass is 10.2. The number of rotatable bonds is 5. The van der Waals surface area contributed by atoms with Gasteiger partial charge < -0.3 is 20.5 Å². The number of nitrogens with one attached hydrogen (secondary N) is 1. The summed E-state index contributed by atoms with van der Waals surface area (Å²) < 4.78 is 33.7. The van der Waals surface area contributed by atoms with Crippen molar-refractivity contribution in [2.75, 3.05) is 11.9 Å². The highest BCUT2D eigenvalue weighted by molar-refractivity contribution is 5.94. The van der Waals surface area contributed by atoms with E-state index in [2.05, 4.69) is 10.1 Å². The minimum atomic E-state index is -2.87. The Morgan fingerprint density at radius 1 is 1.38 bits per heavy atom. The molecule has 1 saturated heterocycles. The molecule has 0 spiro atoms. The molecule has 0 unspecified atom stereocenters. The van der Waals surface area contributed by atoms with Crippen LogP contribution in [0, 0.1) is 0 Å². The van der Waals surface area contributed by atoms with E-state index in [-0.39, 0.29) is 30.2 Å². The highest BCUT2D eigenvalue weighted by atomic mass is 35.5. The molecule has 0 aromatic heterocycles. The van der Waals surface area contributed by atoms with Crippen molar-refractivity contribution in [1.29, 1.82) is 0 Å². The second-order valence-electron chi connectivity index (χ2n) is 4.45. The highest BCUT2D eigenvalue weighted by Gasteiger charge is 2.29. The second-order valence-corrected chi connectivity index (χ2v) is 4.45. The van der Waals surface area contributed by atoms with Gasteiger partial charge in [0.1, 0.15) is 11.9 Å². The van der Waals surface area contributed by atoms with Crippen molar-refractivity contribution < 1.29 is 23.0 Å². The summed E-state index contributed by atoms with van der Waals surface area (Å²) >= 11 is 0. The van der Waals surface area contributed by atoms with E-state index < -0.39 is 12.7 Å². The highest BCUT2D eigenvalue weighted by Crippen LogP contribution is 2.22. The lowest BCUT2D eigenvalue weighted by molar-refractivity contribution is -0.126. The molecule has 1 heterocycles. The van der Waals surface area contributed by atoms with E-state index in [0.717, 1.165) is 6.42 Å². The van der Waals surface area contributed by atoms with Crippen LogP contribution in [0.25, 0.3) is 0 Å². The molecule has 1 aliphatic rings. The van der Waals surface area contributed by atoms with Gasteiger partial charge in [-0.15, -0.1) is 12.4 Å².